The summed E-state index contributed by atoms with van der Waals surface area (Å²) in [6, 6.07) is 0. The molecule has 0 saturated heterocycles. The minimum atomic E-state index is 0.203. The maximum absolute atomic E-state index is 13.2. The highest BCUT2D eigenvalue weighted by Gasteiger charge is 2.24. The van der Waals surface area contributed by atoms with Crippen LogP contribution >= 0.6 is 0 Å². The molecule has 252 valence electrons. The van der Waals surface area contributed by atoms with Gasteiger partial charge in [0.2, 0.25) is 0 Å². The molecule has 0 rings (SSSR count). The molecule has 1 unspecified atom stereocenters. The summed E-state index contributed by atoms with van der Waals surface area (Å²) in [4.78, 5) is 13.2. The van der Waals surface area contributed by atoms with Gasteiger partial charge in [-0.05, 0) is 19.3 Å². The molecule has 0 fully saturated rings. The Labute approximate surface area is 266 Å². The molecule has 1 N–H and O–H groups in total. The van der Waals surface area contributed by atoms with Crippen LogP contribution in [0.25, 0.3) is 0 Å². The summed E-state index contributed by atoms with van der Waals surface area (Å²) in [7, 11) is 4.27. The van der Waals surface area contributed by atoms with Crippen LogP contribution in [0.4, 0.5) is 0 Å². The fourth-order valence-corrected chi connectivity index (χ4v) is 6.58. The van der Waals surface area contributed by atoms with Crippen LogP contribution in [0.2, 0.25) is 0 Å². The van der Waals surface area contributed by atoms with E-state index in [-0.39, 0.29) is 5.92 Å². The first-order valence-electron chi connectivity index (χ1n) is 19.6. The highest BCUT2D eigenvalue weighted by Crippen LogP contribution is 2.21. The van der Waals surface area contributed by atoms with Gasteiger partial charge in [0.15, 0.2) is 0 Å². The minimum absolute atomic E-state index is 0.203. The Kier molecular flexibility index (Phi) is 31.4. The second-order valence-corrected chi connectivity index (χ2v) is 14.4. The molecule has 0 bridgehead atoms. The molecule has 1 atom stereocenters. The lowest BCUT2D eigenvalue weighted by Crippen LogP contribution is -2.56. The zero-order valence-electron chi connectivity index (χ0n) is 30.1. The lowest BCUT2D eigenvalue weighted by atomic mass is 9.93. The summed E-state index contributed by atoms with van der Waals surface area (Å²) < 4.78 is 0.614. The van der Waals surface area contributed by atoms with Gasteiger partial charge < -0.3 is 0 Å². The number of carbonyl (C=O) groups is 1. The number of carbonyl (C=O) groups excluding carboxylic acids is 1. The van der Waals surface area contributed by atoms with Crippen molar-refractivity contribution >= 4 is 5.91 Å². The summed E-state index contributed by atoms with van der Waals surface area (Å²) in [6.07, 6.45) is 42.2. The van der Waals surface area contributed by atoms with Crippen molar-refractivity contribution in [3.63, 3.8) is 0 Å². The van der Waals surface area contributed by atoms with Gasteiger partial charge >= 0.3 is 0 Å². The van der Waals surface area contributed by atoms with Crippen LogP contribution in [-0.2, 0) is 4.79 Å². The van der Waals surface area contributed by atoms with E-state index in [1.54, 1.807) is 0 Å². The van der Waals surface area contributed by atoms with Gasteiger partial charge in [-0.1, -0.05) is 201 Å². The van der Waals surface area contributed by atoms with Gasteiger partial charge in [-0.3, -0.25) is 4.79 Å². The molecule has 0 aromatic carbocycles. The molecular formula is C39H81N2O+. The summed E-state index contributed by atoms with van der Waals surface area (Å²) in [5.74, 6) is 0.506. The smallest absolute Gasteiger partial charge is 0.268 e. The molecule has 0 aromatic heterocycles. The summed E-state index contributed by atoms with van der Waals surface area (Å²) in [5, 5.41) is 0. The normalized spacial score (nSPS) is 12.6. The van der Waals surface area contributed by atoms with Crippen molar-refractivity contribution in [3.05, 3.63) is 0 Å². The first-order valence-corrected chi connectivity index (χ1v) is 19.6. The van der Waals surface area contributed by atoms with E-state index >= 15 is 0 Å². The molecule has 0 aliphatic carbocycles. The zero-order valence-corrected chi connectivity index (χ0v) is 30.1. The molecule has 0 aliphatic heterocycles. The SMILES string of the molecule is CCCCCCCCCCCCCCCCCCC(CCCCCCCCCCCCCC)C(=O)N[N+](C)(C)CCC. The fourth-order valence-electron chi connectivity index (χ4n) is 6.58. The molecule has 3 heteroatoms. The van der Waals surface area contributed by atoms with Gasteiger partial charge in [-0.25, -0.2) is 10.0 Å². The number of unbranched alkanes of at least 4 members (excludes halogenated alkanes) is 26. The number of rotatable bonds is 34. The van der Waals surface area contributed by atoms with E-state index in [0.717, 1.165) is 25.8 Å². The van der Waals surface area contributed by atoms with Gasteiger partial charge in [-0.2, -0.15) is 0 Å². The fraction of sp³-hybridized carbons (Fsp3) is 0.974. The van der Waals surface area contributed by atoms with Crippen LogP contribution in [0.1, 0.15) is 220 Å². The second-order valence-electron chi connectivity index (χ2n) is 14.4. The highest BCUT2D eigenvalue weighted by atomic mass is 16.2. The molecule has 3 nitrogen and oxygen atoms in total. The molecule has 0 aliphatic rings. The first kappa shape index (κ1) is 41.4. The minimum Gasteiger partial charge on any atom is -0.270 e. The van der Waals surface area contributed by atoms with Gasteiger partial charge in [0.05, 0.1) is 14.1 Å². The molecule has 0 heterocycles. The zero-order chi connectivity index (χ0) is 31.0. The van der Waals surface area contributed by atoms with Crippen molar-refractivity contribution in [3.8, 4) is 0 Å². The summed E-state index contributed by atoms with van der Waals surface area (Å²) in [6.45, 7) is 7.79. The van der Waals surface area contributed by atoms with E-state index in [9.17, 15) is 4.79 Å². The highest BCUT2D eigenvalue weighted by molar-refractivity contribution is 5.77. The molecule has 0 spiro atoms. The number of amides is 1. The third-order valence-electron chi connectivity index (χ3n) is 9.38. The first-order chi connectivity index (χ1) is 20.5. The van der Waals surface area contributed by atoms with E-state index in [0.29, 0.717) is 10.5 Å². The number of nitrogens with zero attached hydrogens (tertiary/aromatic N) is 1. The number of nitrogens with one attached hydrogen (secondary N) is 1. The van der Waals surface area contributed by atoms with Gasteiger partial charge in [-0.15, -0.1) is 0 Å². The number of hydrogen-bond acceptors (Lipinski definition) is 1. The van der Waals surface area contributed by atoms with Gasteiger partial charge in [0.1, 0.15) is 6.54 Å². The van der Waals surface area contributed by atoms with Gasteiger partial charge in [0.25, 0.3) is 5.91 Å². The van der Waals surface area contributed by atoms with Crippen molar-refractivity contribution < 1.29 is 9.39 Å². The Morgan fingerprint density at radius 3 is 0.952 bits per heavy atom. The molecule has 0 aromatic rings. The Morgan fingerprint density at radius 2 is 0.690 bits per heavy atom. The van der Waals surface area contributed by atoms with E-state index in [4.69, 9.17) is 0 Å². The Hall–Kier alpha value is -0.570. The Bertz CT molecular complexity index is 547. The van der Waals surface area contributed by atoms with E-state index in [2.05, 4.69) is 40.3 Å². The van der Waals surface area contributed by atoms with Crippen LogP contribution in [0.15, 0.2) is 0 Å². The molecule has 42 heavy (non-hydrogen) atoms. The van der Waals surface area contributed by atoms with E-state index < -0.39 is 0 Å². The third-order valence-corrected chi connectivity index (χ3v) is 9.38. The van der Waals surface area contributed by atoms with Crippen LogP contribution < -0.4 is 5.43 Å². The van der Waals surface area contributed by atoms with Crippen LogP contribution in [0, 0.1) is 5.92 Å². The van der Waals surface area contributed by atoms with Crippen molar-refractivity contribution in [1.82, 2.24) is 5.43 Å². The summed E-state index contributed by atoms with van der Waals surface area (Å²) >= 11 is 0. The largest absolute Gasteiger partial charge is 0.270 e. The van der Waals surface area contributed by atoms with E-state index in [1.807, 2.05) is 0 Å². The van der Waals surface area contributed by atoms with Crippen LogP contribution in [0.3, 0.4) is 0 Å². The van der Waals surface area contributed by atoms with Crippen molar-refractivity contribution in [2.75, 3.05) is 20.6 Å². The number of hydrogen-bond donors (Lipinski definition) is 1. The van der Waals surface area contributed by atoms with Crippen molar-refractivity contribution in [1.29, 1.82) is 0 Å². The predicted octanol–water partition coefficient (Wildman–Crippen LogP) is 12.9. The summed E-state index contributed by atoms with van der Waals surface area (Å²) in [5.41, 5.74) is 3.35. The van der Waals surface area contributed by atoms with Crippen LogP contribution in [-0.4, -0.2) is 31.1 Å². The maximum Gasteiger partial charge on any atom is 0.268 e. The Morgan fingerprint density at radius 1 is 0.429 bits per heavy atom. The predicted molar refractivity (Wildman–Crippen MR) is 189 cm³/mol. The van der Waals surface area contributed by atoms with Crippen molar-refractivity contribution in [2.24, 2.45) is 5.92 Å². The van der Waals surface area contributed by atoms with Crippen LogP contribution in [0.5, 0.6) is 0 Å². The molecule has 1 amide bonds. The molecule has 0 radical (unpaired) electrons. The Balaban J connectivity index is 3.99. The van der Waals surface area contributed by atoms with E-state index in [1.165, 1.54) is 180 Å². The lowest BCUT2D eigenvalue weighted by molar-refractivity contribution is -0.925. The topological polar surface area (TPSA) is 29.1 Å². The monoisotopic (exact) mass is 594 g/mol. The molecular weight excluding hydrogens is 512 g/mol. The number of quaternary nitrogens is 1. The average molecular weight is 594 g/mol. The second kappa shape index (κ2) is 31.8. The third kappa shape index (κ3) is 29.5. The average Bonchev–Trinajstić information content (AvgIpc) is 2.96. The quantitative estimate of drug-likeness (QED) is 0.0449. The van der Waals surface area contributed by atoms with Crippen molar-refractivity contribution in [2.45, 2.75) is 220 Å². The standard InChI is InChI=1S/C39H80N2O/c1-6-9-11-13-15-17-19-21-22-23-24-26-28-30-32-34-36-38(39(42)40-41(4,5)37-8-3)35-33-31-29-27-25-20-18-16-14-12-10-7-2/h38H,6-37H2,1-5H3/p+1. The molecule has 0 saturated carbocycles. The van der Waals surface area contributed by atoms with Gasteiger partial charge in [0, 0.05) is 5.92 Å². The lowest BCUT2D eigenvalue weighted by Gasteiger charge is -2.30. The maximum atomic E-state index is 13.2.